The molecule has 0 aliphatic carbocycles. The highest BCUT2D eigenvalue weighted by molar-refractivity contribution is 6.31. The van der Waals surface area contributed by atoms with E-state index in [2.05, 4.69) is 0 Å². The van der Waals surface area contributed by atoms with Gasteiger partial charge in [0, 0.05) is 16.1 Å². The van der Waals surface area contributed by atoms with Gasteiger partial charge in [-0.15, -0.1) is 0 Å². The van der Waals surface area contributed by atoms with Gasteiger partial charge in [-0.2, -0.15) is 0 Å². The van der Waals surface area contributed by atoms with Crippen LogP contribution in [0, 0.1) is 0 Å². The number of hydrogen-bond donors (Lipinski definition) is 1. The van der Waals surface area contributed by atoms with E-state index in [9.17, 15) is 4.79 Å². The Labute approximate surface area is 132 Å². The number of halogens is 2. The van der Waals surface area contributed by atoms with E-state index in [1.807, 2.05) is 36.4 Å². The van der Waals surface area contributed by atoms with Gasteiger partial charge in [0.05, 0.1) is 0 Å². The maximum absolute atomic E-state index is 10.6. The van der Waals surface area contributed by atoms with Gasteiger partial charge in [-0.05, 0) is 41.0 Å². The summed E-state index contributed by atoms with van der Waals surface area (Å²) < 4.78 is 0. The minimum Gasteiger partial charge on any atom is -0.478 e. The standard InChI is InChI=1S/C17H12Cl2O2/c18-14-6-1-4-12(10-14)16(8-3-9-17(20)21)13-5-2-7-15(19)11-13/h1-11H,(H,20,21)/b9-3-. The fourth-order valence-electron chi connectivity index (χ4n) is 1.90. The van der Waals surface area contributed by atoms with E-state index < -0.39 is 5.97 Å². The Hall–Kier alpha value is -2.03. The first kappa shape index (κ1) is 15.4. The number of rotatable bonds is 4. The normalized spacial score (nSPS) is 10.6. The van der Waals surface area contributed by atoms with E-state index in [1.54, 1.807) is 18.2 Å². The maximum Gasteiger partial charge on any atom is 0.328 e. The van der Waals surface area contributed by atoms with Crippen molar-refractivity contribution in [3.05, 3.63) is 87.9 Å². The molecule has 0 aliphatic heterocycles. The molecule has 0 unspecified atom stereocenters. The van der Waals surface area contributed by atoms with Gasteiger partial charge in [-0.1, -0.05) is 59.6 Å². The predicted octanol–water partition coefficient (Wildman–Crippen LogP) is 5.07. The van der Waals surface area contributed by atoms with Crippen LogP contribution in [0.3, 0.4) is 0 Å². The molecule has 0 saturated heterocycles. The monoisotopic (exact) mass is 318 g/mol. The average molecular weight is 319 g/mol. The summed E-state index contributed by atoms with van der Waals surface area (Å²) in [5.74, 6) is -0.997. The van der Waals surface area contributed by atoms with Crippen molar-refractivity contribution in [3.63, 3.8) is 0 Å². The molecule has 0 heterocycles. The summed E-state index contributed by atoms with van der Waals surface area (Å²) >= 11 is 12.1. The Morgan fingerprint density at radius 3 is 1.90 bits per heavy atom. The van der Waals surface area contributed by atoms with Gasteiger partial charge in [0.25, 0.3) is 0 Å². The van der Waals surface area contributed by atoms with Crippen LogP contribution in [-0.4, -0.2) is 11.1 Å². The quantitative estimate of drug-likeness (QED) is 0.631. The molecular weight excluding hydrogens is 307 g/mol. The number of allylic oxidation sites excluding steroid dienone is 2. The molecule has 0 atom stereocenters. The fraction of sp³-hybridized carbons (Fsp3) is 0. The summed E-state index contributed by atoms with van der Waals surface area (Å²) in [5, 5.41) is 9.92. The minimum absolute atomic E-state index is 0.614. The second kappa shape index (κ2) is 7.11. The molecule has 0 amide bonds. The summed E-state index contributed by atoms with van der Waals surface area (Å²) in [5.41, 5.74) is 2.62. The number of carbonyl (C=O) groups is 1. The molecule has 2 nitrogen and oxygen atoms in total. The molecule has 106 valence electrons. The largest absolute Gasteiger partial charge is 0.478 e. The Morgan fingerprint density at radius 1 is 0.952 bits per heavy atom. The first-order valence-electron chi connectivity index (χ1n) is 6.19. The van der Waals surface area contributed by atoms with E-state index in [-0.39, 0.29) is 0 Å². The Kier molecular flexibility index (Phi) is 5.20. The average Bonchev–Trinajstić information content (AvgIpc) is 2.43. The fourth-order valence-corrected chi connectivity index (χ4v) is 2.28. The molecule has 1 N–H and O–H groups in total. The molecule has 0 aliphatic rings. The molecule has 21 heavy (non-hydrogen) atoms. The van der Waals surface area contributed by atoms with Gasteiger partial charge in [0.1, 0.15) is 0 Å². The molecule has 2 rings (SSSR count). The van der Waals surface area contributed by atoms with Gasteiger partial charge in [0.15, 0.2) is 0 Å². The molecule has 0 radical (unpaired) electrons. The SMILES string of the molecule is O=C(O)/C=C\C=C(c1cccc(Cl)c1)c1cccc(Cl)c1. The highest BCUT2D eigenvalue weighted by atomic mass is 35.5. The van der Waals surface area contributed by atoms with Crippen LogP contribution >= 0.6 is 23.2 Å². The van der Waals surface area contributed by atoms with Crippen molar-refractivity contribution in [2.45, 2.75) is 0 Å². The van der Waals surface area contributed by atoms with E-state index in [0.29, 0.717) is 10.0 Å². The van der Waals surface area contributed by atoms with Crippen molar-refractivity contribution in [2.24, 2.45) is 0 Å². The molecule has 0 spiro atoms. The summed E-state index contributed by atoms with van der Waals surface area (Å²) in [7, 11) is 0. The lowest BCUT2D eigenvalue weighted by Gasteiger charge is -2.08. The summed E-state index contributed by atoms with van der Waals surface area (Å²) in [6.07, 6.45) is 4.29. The predicted molar refractivity (Wildman–Crippen MR) is 86.8 cm³/mol. The number of benzene rings is 2. The van der Waals surface area contributed by atoms with Gasteiger partial charge in [0.2, 0.25) is 0 Å². The third-order valence-electron chi connectivity index (χ3n) is 2.77. The van der Waals surface area contributed by atoms with Crippen LogP contribution in [-0.2, 0) is 4.79 Å². The van der Waals surface area contributed by atoms with Crippen molar-refractivity contribution in [2.75, 3.05) is 0 Å². The van der Waals surface area contributed by atoms with Crippen molar-refractivity contribution < 1.29 is 9.90 Å². The molecule has 0 bridgehead atoms. The van der Waals surface area contributed by atoms with E-state index in [4.69, 9.17) is 28.3 Å². The van der Waals surface area contributed by atoms with E-state index >= 15 is 0 Å². The lowest BCUT2D eigenvalue weighted by molar-refractivity contribution is -0.131. The third kappa shape index (κ3) is 4.48. The second-order valence-electron chi connectivity index (χ2n) is 4.30. The third-order valence-corrected chi connectivity index (χ3v) is 3.24. The summed E-state index contributed by atoms with van der Waals surface area (Å²) in [4.78, 5) is 10.6. The van der Waals surface area contributed by atoms with E-state index in [0.717, 1.165) is 22.8 Å². The lowest BCUT2D eigenvalue weighted by Crippen LogP contribution is -1.89. The van der Waals surface area contributed by atoms with Gasteiger partial charge in [-0.25, -0.2) is 4.79 Å². The smallest absolute Gasteiger partial charge is 0.328 e. The van der Waals surface area contributed by atoms with Crippen LogP contribution in [0.25, 0.3) is 5.57 Å². The lowest BCUT2D eigenvalue weighted by atomic mass is 9.97. The minimum atomic E-state index is -0.997. The molecule has 4 heteroatoms. The highest BCUT2D eigenvalue weighted by Crippen LogP contribution is 2.27. The molecule has 2 aromatic carbocycles. The zero-order valence-electron chi connectivity index (χ0n) is 11.0. The van der Waals surface area contributed by atoms with Crippen LogP contribution in [0.4, 0.5) is 0 Å². The molecule has 0 saturated carbocycles. The Balaban J connectivity index is 2.51. The summed E-state index contributed by atoms with van der Waals surface area (Å²) in [6, 6.07) is 14.7. The zero-order chi connectivity index (χ0) is 15.2. The molecule has 0 aromatic heterocycles. The summed E-state index contributed by atoms with van der Waals surface area (Å²) in [6.45, 7) is 0. The second-order valence-corrected chi connectivity index (χ2v) is 5.17. The number of carboxylic acid groups (broad SMARTS) is 1. The van der Waals surface area contributed by atoms with Crippen molar-refractivity contribution in [3.8, 4) is 0 Å². The topological polar surface area (TPSA) is 37.3 Å². The number of aliphatic carboxylic acids is 1. The highest BCUT2D eigenvalue weighted by Gasteiger charge is 2.05. The van der Waals surface area contributed by atoms with Crippen LogP contribution in [0.2, 0.25) is 10.0 Å². The van der Waals surface area contributed by atoms with Crippen molar-refractivity contribution in [1.29, 1.82) is 0 Å². The van der Waals surface area contributed by atoms with Gasteiger partial charge >= 0.3 is 5.97 Å². The van der Waals surface area contributed by atoms with Crippen LogP contribution < -0.4 is 0 Å². The van der Waals surface area contributed by atoms with E-state index in [1.165, 1.54) is 6.08 Å². The number of hydrogen-bond acceptors (Lipinski definition) is 1. The maximum atomic E-state index is 10.6. The zero-order valence-corrected chi connectivity index (χ0v) is 12.5. The number of carboxylic acids is 1. The van der Waals surface area contributed by atoms with Gasteiger partial charge < -0.3 is 5.11 Å². The van der Waals surface area contributed by atoms with Crippen LogP contribution in [0.15, 0.2) is 66.8 Å². The first-order valence-corrected chi connectivity index (χ1v) is 6.95. The molecule has 0 fully saturated rings. The van der Waals surface area contributed by atoms with Crippen LogP contribution in [0.5, 0.6) is 0 Å². The van der Waals surface area contributed by atoms with Crippen molar-refractivity contribution >= 4 is 34.7 Å². The van der Waals surface area contributed by atoms with Crippen molar-refractivity contribution in [1.82, 2.24) is 0 Å². The van der Waals surface area contributed by atoms with Gasteiger partial charge in [-0.3, -0.25) is 0 Å². The van der Waals surface area contributed by atoms with Crippen LogP contribution in [0.1, 0.15) is 11.1 Å². The Bertz CT molecular complexity index is 671. The molecular formula is C17H12Cl2O2. The molecule has 2 aromatic rings. The first-order chi connectivity index (χ1) is 10.1. The Morgan fingerprint density at radius 2 is 1.48 bits per heavy atom.